The van der Waals surface area contributed by atoms with E-state index in [9.17, 15) is 4.79 Å². The Kier molecular flexibility index (Phi) is 4.73. The molecule has 4 heteroatoms. The Morgan fingerprint density at radius 3 is 2.57 bits per heavy atom. The largest absolute Gasteiger partial charge is 0.341 e. The number of nitrogens with zero attached hydrogens (tertiary/aromatic N) is 1. The molecule has 82 valence electrons. The van der Waals surface area contributed by atoms with Gasteiger partial charge in [0.1, 0.15) is 0 Å². The zero-order valence-electron chi connectivity index (χ0n) is 9.18. The lowest BCUT2D eigenvalue weighted by Gasteiger charge is -2.32. The van der Waals surface area contributed by atoms with Crippen LogP contribution in [-0.2, 0) is 0 Å². The van der Waals surface area contributed by atoms with E-state index in [1.54, 1.807) is 7.05 Å². The van der Waals surface area contributed by atoms with Crippen LogP contribution >= 0.6 is 0 Å². The number of amides is 2. The molecule has 0 aliphatic carbocycles. The van der Waals surface area contributed by atoms with Crippen LogP contribution < -0.4 is 10.6 Å². The SMILES string of the molecule is CNC(=O)NCC(C)N1CCCCC1. The number of carbonyl (C=O) groups excluding carboxylic acids is 1. The van der Waals surface area contributed by atoms with Gasteiger partial charge in [-0.3, -0.25) is 4.90 Å². The summed E-state index contributed by atoms with van der Waals surface area (Å²) in [6.45, 7) is 5.26. The normalized spacial score (nSPS) is 20.1. The summed E-state index contributed by atoms with van der Waals surface area (Å²) in [6, 6.07) is 0.362. The summed E-state index contributed by atoms with van der Waals surface area (Å²) in [4.78, 5) is 13.4. The molecule has 2 N–H and O–H groups in total. The van der Waals surface area contributed by atoms with Crippen LogP contribution in [0.2, 0.25) is 0 Å². The first-order valence-corrected chi connectivity index (χ1v) is 5.43. The number of nitrogens with one attached hydrogen (secondary N) is 2. The van der Waals surface area contributed by atoms with Crippen molar-refractivity contribution in [2.45, 2.75) is 32.2 Å². The Balaban J connectivity index is 2.19. The van der Waals surface area contributed by atoms with E-state index in [-0.39, 0.29) is 6.03 Å². The molecule has 0 aromatic rings. The summed E-state index contributed by atoms with van der Waals surface area (Å²) >= 11 is 0. The van der Waals surface area contributed by atoms with Gasteiger partial charge in [0, 0.05) is 19.6 Å². The van der Waals surface area contributed by atoms with Crippen molar-refractivity contribution in [3.05, 3.63) is 0 Å². The van der Waals surface area contributed by atoms with Gasteiger partial charge in [-0.2, -0.15) is 0 Å². The first kappa shape index (κ1) is 11.3. The van der Waals surface area contributed by atoms with Gasteiger partial charge in [0.05, 0.1) is 0 Å². The number of hydrogen-bond acceptors (Lipinski definition) is 2. The van der Waals surface area contributed by atoms with E-state index in [0.717, 1.165) is 6.54 Å². The number of rotatable bonds is 3. The summed E-state index contributed by atoms with van der Waals surface area (Å²) in [5.74, 6) is 0. The topological polar surface area (TPSA) is 44.4 Å². The second kappa shape index (κ2) is 5.86. The molecule has 0 radical (unpaired) electrons. The third kappa shape index (κ3) is 3.54. The Labute approximate surface area is 86.0 Å². The van der Waals surface area contributed by atoms with Crippen LogP contribution in [0.1, 0.15) is 26.2 Å². The lowest BCUT2D eigenvalue weighted by molar-refractivity contribution is 0.170. The van der Waals surface area contributed by atoms with Crippen molar-refractivity contribution in [1.82, 2.24) is 15.5 Å². The predicted octanol–water partition coefficient (Wildman–Crippen LogP) is 0.790. The molecule has 0 saturated carbocycles. The van der Waals surface area contributed by atoms with Gasteiger partial charge in [-0.05, 0) is 32.9 Å². The van der Waals surface area contributed by atoms with Crippen molar-refractivity contribution < 1.29 is 4.79 Å². The minimum absolute atomic E-state index is 0.0890. The van der Waals surface area contributed by atoms with E-state index in [2.05, 4.69) is 22.5 Å². The molecule has 0 aromatic carbocycles. The van der Waals surface area contributed by atoms with E-state index in [0.29, 0.717) is 6.04 Å². The average Bonchev–Trinajstić information content (AvgIpc) is 2.26. The molecule has 1 aliphatic rings. The van der Waals surface area contributed by atoms with Crippen molar-refractivity contribution >= 4 is 6.03 Å². The van der Waals surface area contributed by atoms with Gasteiger partial charge in [0.25, 0.3) is 0 Å². The molecule has 1 saturated heterocycles. The molecule has 1 unspecified atom stereocenters. The monoisotopic (exact) mass is 199 g/mol. The number of likely N-dealkylation sites (tertiary alicyclic amines) is 1. The number of carbonyl (C=O) groups is 1. The van der Waals surface area contributed by atoms with Gasteiger partial charge in [0.2, 0.25) is 0 Å². The summed E-state index contributed by atoms with van der Waals surface area (Å²) in [6.07, 6.45) is 3.95. The average molecular weight is 199 g/mol. The van der Waals surface area contributed by atoms with Crippen LogP contribution in [0.15, 0.2) is 0 Å². The van der Waals surface area contributed by atoms with Crippen LogP contribution in [0.25, 0.3) is 0 Å². The minimum Gasteiger partial charge on any atom is -0.341 e. The van der Waals surface area contributed by atoms with Crippen molar-refractivity contribution in [3.63, 3.8) is 0 Å². The smallest absolute Gasteiger partial charge is 0.314 e. The summed E-state index contributed by atoms with van der Waals surface area (Å²) < 4.78 is 0. The third-order valence-corrected chi connectivity index (χ3v) is 2.80. The maximum absolute atomic E-state index is 11.0. The standard InChI is InChI=1S/C10H21N3O/c1-9(8-12-10(14)11-2)13-6-4-3-5-7-13/h9H,3-8H2,1-2H3,(H2,11,12,14). The fourth-order valence-corrected chi connectivity index (χ4v) is 1.82. The Morgan fingerprint density at radius 1 is 1.36 bits per heavy atom. The Morgan fingerprint density at radius 2 is 2.00 bits per heavy atom. The molecule has 0 aromatic heterocycles. The second-order valence-electron chi connectivity index (χ2n) is 3.91. The molecule has 14 heavy (non-hydrogen) atoms. The van der Waals surface area contributed by atoms with Crippen molar-refractivity contribution in [3.8, 4) is 0 Å². The minimum atomic E-state index is -0.0890. The molecular weight excluding hydrogens is 178 g/mol. The van der Waals surface area contributed by atoms with E-state index in [4.69, 9.17) is 0 Å². The van der Waals surface area contributed by atoms with E-state index in [1.807, 2.05) is 0 Å². The molecule has 2 amide bonds. The first-order valence-electron chi connectivity index (χ1n) is 5.43. The van der Waals surface area contributed by atoms with Crippen LogP contribution in [0, 0.1) is 0 Å². The number of urea groups is 1. The van der Waals surface area contributed by atoms with Crippen LogP contribution in [-0.4, -0.2) is 43.7 Å². The predicted molar refractivity (Wildman–Crippen MR) is 57.3 cm³/mol. The summed E-state index contributed by atoms with van der Waals surface area (Å²) in [5, 5.41) is 5.39. The van der Waals surface area contributed by atoms with E-state index < -0.39 is 0 Å². The highest BCUT2D eigenvalue weighted by atomic mass is 16.2. The highest BCUT2D eigenvalue weighted by Crippen LogP contribution is 2.11. The van der Waals surface area contributed by atoms with Gasteiger partial charge in [-0.1, -0.05) is 6.42 Å². The molecule has 1 heterocycles. The maximum atomic E-state index is 11.0. The lowest BCUT2D eigenvalue weighted by atomic mass is 10.1. The maximum Gasteiger partial charge on any atom is 0.314 e. The van der Waals surface area contributed by atoms with Gasteiger partial charge in [0.15, 0.2) is 0 Å². The fourth-order valence-electron chi connectivity index (χ4n) is 1.82. The van der Waals surface area contributed by atoms with Crippen molar-refractivity contribution in [2.24, 2.45) is 0 Å². The van der Waals surface area contributed by atoms with Crippen LogP contribution in [0.5, 0.6) is 0 Å². The molecule has 1 fully saturated rings. The fraction of sp³-hybridized carbons (Fsp3) is 0.900. The van der Waals surface area contributed by atoms with Gasteiger partial charge in [-0.15, -0.1) is 0 Å². The van der Waals surface area contributed by atoms with Crippen molar-refractivity contribution in [1.29, 1.82) is 0 Å². The summed E-state index contributed by atoms with van der Waals surface area (Å²) in [5.41, 5.74) is 0. The molecule has 1 rings (SSSR count). The molecule has 4 nitrogen and oxygen atoms in total. The van der Waals surface area contributed by atoms with Crippen molar-refractivity contribution in [2.75, 3.05) is 26.7 Å². The first-order chi connectivity index (χ1) is 6.74. The zero-order valence-corrected chi connectivity index (χ0v) is 9.18. The molecule has 0 spiro atoms. The van der Waals surface area contributed by atoms with E-state index in [1.165, 1.54) is 32.4 Å². The third-order valence-electron chi connectivity index (χ3n) is 2.80. The second-order valence-corrected chi connectivity index (χ2v) is 3.91. The van der Waals surface area contributed by atoms with E-state index >= 15 is 0 Å². The molecule has 1 atom stereocenters. The molecular formula is C10H21N3O. The highest BCUT2D eigenvalue weighted by Gasteiger charge is 2.16. The van der Waals surface area contributed by atoms with Gasteiger partial charge in [-0.25, -0.2) is 4.79 Å². The quantitative estimate of drug-likeness (QED) is 0.706. The molecule has 1 aliphatic heterocycles. The van der Waals surface area contributed by atoms with Crippen LogP contribution in [0.3, 0.4) is 0 Å². The van der Waals surface area contributed by atoms with Gasteiger partial charge < -0.3 is 10.6 Å². The highest BCUT2D eigenvalue weighted by molar-refractivity contribution is 5.73. The lowest BCUT2D eigenvalue weighted by Crippen LogP contribution is -2.46. The van der Waals surface area contributed by atoms with Crippen LogP contribution in [0.4, 0.5) is 4.79 Å². The summed E-state index contributed by atoms with van der Waals surface area (Å²) in [7, 11) is 1.64. The Bertz CT molecular complexity index is 178. The molecule has 0 bridgehead atoms. The number of piperidine rings is 1. The number of hydrogen-bond donors (Lipinski definition) is 2. The zero-order chi connectivity index (χ0) is 10.4. The Hall–Kier alpha value is -0.770. The van der Waals surface area contributed by atoms with Gasteiger partial charge >= 0.3 is 6.03 Å².